The van der Waals surface area contributed by atoms with Crippen molar-refractivity contribution in [2.24, 2.45) is 0 Å². The van der Waals surface area contributed by atoms with Crippen LogP contribution >= 0.6 is 0 Å². The molecule has 1 fully saturated rings. The highest BCUT2D eigenvalue weighted by molar-refractivity contribution is 5.48. The summed E-state index contributed by atoms with van der Waals surface area (Å²) in [4.78, 5) is 4.38. The Balaban J connectivity index is 1.73. The molecule has 6 nitrogen and oxygen atoms in total. The lowest BCUT2D eigenvalue weighted by molar-refractivity contribution is 0.0168. The molecule has 2 aromatic rings. The van der Waals surface area contributed by atoms with Gasteiger partial charge in [-0.2, -0.15) is 0 Å². The molecule has 1 saturated carbocycles. The van der Waals surface area contributed by atoms with Gasteiger partial charge in [0.1, 0.15) is 23.7 Å². The second-order valence-corrected chi connectivity index (χ2v) is 6.97. The molecule has 0 aliphatic heterocycles. The standard InChI is InChI=1S/C20H29N3O3/c1-3-23-13-12-21-20(23)18(19(25)14(2)24)22-15-8-10-17(11-9-15)26-16-6-4-5-7-16/h8-14,16,18-19,22,24-25H,3-7H2,1-2H3/t14-,18-,19+/m0/s1. The molecule has 0 unspecified atom stereocenters. The van der Waals surface area contributed by atoms with Crippen LogP contribution in [0.5, 0.6) is 5.75 Å². The van der Waals surface area contributed by atoms with E-state index in [4.69, 9.17) is 4.74 Å². The van der Waals surface area contributed by atoms with Crippen molar-refractivity contribution < 1.29 is 14.9 Å². The van der Waals surface area contributed by atoms with Crippen molar-refractivity contribution in [3.8, 4) is 5.75 Å². The van der Waals surface area contributed by atoms with Crippen LogP contribution in [-0.2, 0) is 6.54 Å². The summed E-state index contributed by atoms with van der Waals surface area (Å²) in [5.74, 6) is 1.57. The molecule has 1 aromatic heterocycles. The van der Waals surface area contributed by atoms with Crippen LogP contribution in [0.3, 0.4) is 0 Å². The molecule has 1 aliphatic carbocycles. The third kappa shape index (κ3) is 4.37. The summed E-state index contributed by atoms with van der Waals surface area (Å²) >= 11 is 0. The van der Waals surface area contributed by atoms with Crippen molar-refractivity contribution >= 4 is 5.69 Å². The average Bonchev–Trinajstić information content (AvgIpc) is 3.31. The summed E-state index contributed by atoms with van der Waals surface area (Å²) in [7, 11) is 0. The van der Waals surface area contributed by atoms with Gasteiger partial charge < -0.3 is 24.8 Å². The lowest BCUT2D eigenvalue weighted by Crippen LogP contribution is -2.36. The summed E-state index contributed by atoms with van der Waals surface area (Å²) in [5, 5.41) is 23.7. The smallest absolute Gasteiger partial charge is 0.134 e. The first kappa shape index (κ1) is 18.7. The Morgan fingerprint density at radius 1 is 1.23 bits per heavy atom. The summed E-state index contributed by atoms with van der Waals surface area (Å²) in [5.41, 5.74) is 0.846. The van der Waals surface area contributed by atoms with E-state index in [0.29, 0.717) is 11.9 Å². The molecule has 3 N–H and O–H groups in total. The summed E-state index contributed by atoms with van der Waals surface area (Å²) in [6, 6.07) is 7.25. The molecule has 6 heteroatoms. The fourth-order valence-corrected chi connectivity index (χ4v) is 3.46. The Hall–Kier alpha value is -2.05. The first-order valence-electron chi connectivity index (χ1n) is 9.49. The molecular weight excluding hydrogens is 330 g/mol. The summed E-state index contributed by atoms with van der Waals surface area (Å²) in [6.45, 7) is 4.34. The highest BCUT2D eigenvalue weighted by atomic mass is 16.5. The number of nitrogens with one attached hydrogen (secondary N) is 1. The van der Waals surface area contributed by atoms with Gasteiger partial charge in [0.2, 0.25) is 0 Å². The average molecular weight is 359 g/mol. The third-order valence-electron chi connectivity index (χ3n) is 4.98. The van der Waals surface area contributed by atoms with Crippen LogP contribution in [0.25, 0.3) is 0 Å². The summed E-state index contributed by atoms with van der Waals surface area (Å²) < 4.78 is 7.96. The Bertz CT molecular complexity index is 678. The van der Waals surface area contributed by atoms with Crippen molar-refractivity contribution in [3.63, 3.8) is 0 Å². The monoisotopic (exact) mass is 359 g/mol. The van der Waals surface area contributed by atoms with Crippen LogP contribution in [0.15, 0.2) is 36.7 Å². The largest absolute Gasteiger partial charge is 0.490 e. The minimum atomic E-state index is -0.975. The third-order valence-corrected chi connectivity index (χ3v) is 4.98. The number of aryl methyl sites for hydroxylation is 1. The maximum Gasteiger partial charge on any atom is 0.134 e. The Morgan fingerprint density at radius 3 is 2.54 bits per heavy atom. The zero-order valence-electron chi connectivity index (χ0n) is 15.5. The zero-order chi connectivity index (χ0) is 18.5. The van der Waals surface area contributed by atoms with Gasteiger partial charge in [-0.05, 0) is 63.8 Å². The van der Waals surface area contributed by atoms with E-state index in [1.807, 2.05) is 42.0 Å². The van der Waals surface area contributed by atoms with E-state index in [1.165, 1.54) is 12.8 Å². The number of aliphatic hydroxyl groups excluding tert-OH is 2. The Labute approximate surface area is 154 Å². The molecule has 1 aromatic carbocycles. The van der Waals surface area contributed by atoms with Crippen LogP contribution in [0.2, 0.25) is 0 Å². The van der Waals surface area contributed by atoms with Crippen LogP contribution < -0.4 is 10.1 Å². The Kier molecular flexibility index (Phi) is 6.16. The normalized spacial score (nSPS) is 18.5. The lowest BCUT2D eigenvalue weighted by Gasteiger charge is -2.27. The quantitative estimate of drug-likeness (QED) is 0.675. The summed E-state index contributed by atoms with van der Waals surface area (Å²) in [6.07, 6.45) is 6.80. The molecule has 0 spiro atoms. The number of benzene rings is 1. The first-order valence-corrected chi connectivity index (χ1v) is 9.49. The topological polar surface area (TPSA) is 79.5 Å². The van der Waals surface area contributed by atoms with Crippen LogP contribution in [0.4, 0.5) is 5.69 Å². The van der Waals surface area contributed by atoms with Crippen molar-refractivity contribution in [2.75, 3.05) is 5.32 Å². The van der Waals surface area contributed by atoms with Gasteiger partial charge in [-0.15, -0.1) is 0 Å². The molecule has 3 rings (SSSR count). The van der Waals surface area contributed by atoms with E-state index in [2.05, 4.69) is 10.3 Å². The molecule has 26 heavy (non-hydrogen) atoms. The van der Waals surface area contributed by atoms with E-state index >= 15 is 0 Å². The maximum atomic E-state index is 10.5. The van der Waals surface area contributed by atoms with E-state index < -0.39 is 18.2 Å². The van der Waals surface area contributed by atoms with E-state index in [1.54, 1.807) is 13.1 Å². The SMILES string of the molecule is CCn1ccnc1[C@@H](Nc1ccc(OC2CCCC2)cc1)[C@H](O)[C@H](C)O. The number of hydrogen-bond donors (Lipinski definition) is 3. The fraction of sp³-hybridized carbons (Fsp3) is 0.550. The van der Waals surface area contributed by atoms with Gasteiger partial charge in [0.05, 0.1) is 12.2 Å². The second-order valence-electron chi connectivity index (χ2n) is 6.97. The number of aliphatic hydroxyl groups is 2. The van der Waals surface area contributed by atoms with Crippen LogP contribution in [0.1, 0.15) is 51.4 Å². The Morgan fingerprint density at radius 2 is 1.92 bits per heavy atom. The highest BCUT2D eigenvalue weighted by Crippen LogP contribution is 2.27. The number of imidazole rings is 1. The molecular formula is C20H29N3O3. The number of hydrogen-bond acceptors (Lipinski definition) is 5. The highest BCUT2D eigenvalue weighted by Gasteiger charge is 2.28. The predicted octanol–water partition coefficient (Wildman–Crippen LogP) is 3.12. The van der Waals surface area contributed by atoms with Gasteiger partial charge in [-0.1, -0.05) is 0 Å². The molecule has 0 amide bonds. The molecule has 0 radical (unpaired) electrons. The van der Waals surface area contributed by atoms with Gasteiger partial charge in [-0.3, -0.25) is 0 Å². The predicted molar refractivity (Wildman–Crippen MR) is 101 cm³/mol. The van der Waals surface area contributed by atoms with E-state index in [0.717, 1.165) is 30.8 Å². The van der Waals surface area contributed by atoms with Gasteiger partial charge in [0.15, 0.2) is 0 Å². The van der Waals surface area contributed by atoms with Gasteiger partial charge in [0.25, 0.3) is 0 Å². The van der Waals surface area contributed by atoms with Crippen molar-refractivity contribution in [1.82, 2.24) is 9.55 Å². The van der Waals surface area contributed by atoms with E-state index in [9.17, 15) is 10.2 Å². The zero-order valence-corrected chi connectivity index (χ0v) is 15.5. The van der Waals surface area contributed by atoms with E-state index in [-0.39, 0.29) is 0 Å². The van der Waals surface area contributed by atoms with Gasteiger partial charge >= 0.3 is 0 Å². The van der Waals surface area contributed by atoms with Crippen molar-refractivity contribution in [2.45, 2.75) is 70.4 Å². The molecule has 1 aliphatic rings. The number of rotatable bonds is 8. The van der Waals surface area contributed by atoms with Crippen LogP contribution in [-0.4, -0.2) is 38.1 Å². The molecule has 0 saturated heterocycles. The van der Waals surface area contributed by atoms with Crippen molar-refractivity contribution in [1.29, 1.82) is 0 Å². The number of anilines is 1. The molecule has 3 atom stereocenters. The lowest BCUT2D eigenvalue weighted by atomic mass is 10.1. The van der Waals surface area contributed by atoms with Gasteiger partial charge in [-0.25, -0.2) is 4.98 Å². The maximum absolute atomic E-state index is 10.5. The number of aromatic nitrogens is 2. The minimum absolute atomic E-state index is 0.329. The second kappa shape index (κ2) is 8.56. The minimum Gasteiger partial charge on any atom is -0.490 e. The fourth-order valence-electron chi connectivity index (χ4n) is 3.46. The number of nitrogens with zero attached hydrogens (tertiary/aromatic N) is 2. The van der Waals surface area contributed by atoms with Crippen LogP contribution in [0, 0.1) is 0 Å². The number of ether oxygens (including phenoxy) is 1. The molecule has 142 valence electrons. The van der Waals surface area contributed by atoms with Crippen molar-refractivity contribution in [3.05, 3.63) is 42.5 Å². The molecule has 0 bridgehead atoms. The first-order chi connectivity index (χ1) is 12.6. The van der Waals surface area contributed by atoms with Gasteiger partial charge in [0, 0.05) is 24.6 Å². The molecule has 1 heterocycles.